The van der Waals surface area contributed by atoms with Crippen LogP contribution in [0.2, 0.25) is 0 Å². The zero-order chi connectivity index (χ0) is 15.7. The molecule has 1 aliphatic rings. The van der Waals surface area contributed by atoms with Crippen LogP contribution in [0.5, 0.6) is 0 Å². The van der Waals surface area contributed by atoms with Gasteiger partial charge in [-0.15, -0.1) is 0 Å². The minimum Gasteiger partial charge on any atom is -0.361 e. The third kappa shape index (κ3) is 2.98. The number of rotatable bonds is 2. The van der Waals surface area contributed by atoms with Crippen LogP contribution in [0.3, 0.4) is 0 Å². The minimum absolute atomic E-state index is 0.191. The summed E-state index contributed by atoms with van der Waals surface area (Å²) in [6.45, 7) is 1.71. The number of alkyl halides is 3. The molecule has 0 amide bonds. The Balaban J connectivity index is 1.76. The van der Waals surface area contributed by atoms with Crippen molar-refractivity contribution in [3.8, 4) is 0 Å². The van der Waals surface area contributed by atoms with Gasteiger partial charge in [0, 0.05) is 25.8 Å². The predicted octanol–water partition coefficient (Wildman–Crippen LogP) is 1.53. The SMILES string of the molecule is O=c1cc(N2CCNC(c3ccc(C(F)(F)F)nc3)C2)o[nH]1. The number of nitrogens with zero attached hydrogens (tertiary/aromatic N) is 2. The summed E-state index contributed by atoms with van der Waals surface area (Å²) >= 11 is 0. The van der Waals surface area contributed by atoms with Crippen molar-refractivity contribution in [3.63, 3.8) is 0 Å². The quantitative estimate of drug-likeness (QED) is 0.879. The van der Waals surface area contributed by atoms with Crippen molar-refractivity contribution in [2.75, 3.05) is 24.5 Å². The van der Waals surface area contributed by atoms with Gasteiger partial charge in [-0.3, -0.25) is 9.78 Å². The fraction of sp³-hybridized carbons (Fsp3) is 0.385. The summed E-state index contributed by atoms with van der Waals surface area (Å²) in [4.78, 5) is 16.4. The van der Waals surface area contributed by atoms with E-state index in [1.807, 2.05) is 4.90 Å². The number of piperazine rings is 1. The topological polar surface area (TPSA) is 74.2 Å². The van der Waals surface area contributed by atoms with Crippen LogP contribution in [-0.2, 0) is 6.18 Å². The van der Waals surface area contributed by atoms with E-state index in [2.05, 4.69) is 15.5 Å². The maximum atomic E-state index is 12.5. The molecule has 118 valence electrons. The number of pyridine rings is 1. The first kappa shape index (κ1) is 14.6. The number of halogens is 3. The Hall–Kier alpha value is -2.29. The molecule has 0 aliphatic carbocycles. The molecule has 2 aromatic heterocycles. The summed E-state index contributed by atoms with van der Waals surface area (Å²) in [6, 6.07) is 3.52. The molecule has 0 saturated carbocycles. The first-order valence-corrected chi connectivity index (χ1v) is 6.63. The molecule has 9 heteroatoms. The van der Waals surface area contributed by atoms with E-state index in [0.717, 1.165) is 6.07 Å². The number of nitrogens with one attached hydrogen (secondary N) is 2. The molecule has 1 aliphatic heterocycles. The number of aromatic amines is 1. The van der Waals surface area contributed by atoms with Crippen LogP contribution in [0.25, 0.3) is 0 Å². The minimum atomic E-state index is -4.45. The van der Waals surface area contributed by atoms with E-state index < -0.39 is 11.9 Å². The fourth-order valence-electron chi connectivity index (χ4n) is 2.38. The van der Waals surface area contributed by atoms with Gasteiger partial charge in [0.25, 0.3) is 5.56 Å². The Kier molecular flexibility index (Phi) is 3.65. The third-order valence-corrected chi connectivity index (χ3v) is 3.48. The molecule has 0 spiro atoms. The Bertz CT molecular complexity index is 692. The molecule has 6 nitrogen and oxygen atoms in total. The van der Waals surface area contributed by atoms with Crippen LogP contribution in [0.1, 0.15) is 17.3 Å². The van der Waals surface area contributed by atoms with Crippen LogP contribution in [0.15, 0.2) is 33.7 Å². The van der Waals surface area contributed by atoms with Gasteiger partial charge in [-0.2, -0.15) is 18.3 Å². The van der Waals surface area contributed by atoms with Crippen LogP contribution < -0.4 is 15.8 Å². The maximum Gasteiger partial charge on any atom is 0.433 e. The fourth-order valence-corrected chi connectivity index (χ4v) is 2.38. The first-order valence-electron chi connectivity index (χ1n) is 6.63. The van der Waals surface area contributed by atoms with Crippen molar-refractivity contribution in [2.45, 2.75) is 12.2 Å². The van der Waals surface area contributed by atoms with Crippen LogP contribution in [0.4, 0.5) is 19.1 Å². The van der Waals surface area contributed by atoms with Crippen molar-refractivity contribution in [3.05, 3.63) is 46.0 Å². The van der Waals surface area contributed by atoms with Gasteiger partial charge in [0.1, 0.15) is 5.69 Å². The van der Waals surface area contributed by atoms with Gasteiger partial charge < -0.3 is 14.7 Å². The Morgan fingerprint density at radius 2 is 2.18 bits per heavy atom. The highest BCUT2D eigenvalue weighted by Gasteiger charge is 2.32. The Morgan fingerprint density at radius 3 is 2.77 bits per heavy atom. The molecule has 2 N–H and O–H groups in total. The molecule has 1 saturated heterocycles. The lowest BCUT2D eigenvalue weighted by Gasteiger charge is -2.33. The van der Waals surface area contributed by atoms with E-state index in [1.165, 1.54) is 18.3 Å². The average Bonchev–Trinajstić information content (AvgIpc) is 2.93. The summed E-state index contributed by atoms with van der Waals surface area (Å²) in [6.07, 6.45) is -3.23. The summed E-state index contributed by atoms with van der Waals surface area (Å²) in [5.74, 6) is 0.413. The van der Waals surface area contributed by atoms with E-state index in [1.54, 1.807) is 0 Å². The summed E-state index contributed by atoms with van der Waals surface area (Å²) in [7, 11) is 0. The van der Waals surface area contributed by atoms with Crippen molar-refractivity contribution in [2.24, 2.45) is 0 Å². The molecule has 3 rings (SSSR count). The van der Waals surface area contributed by atoms with Crippen molar-refractivity contribution >= 4 is 5.88 Å². The second-order valence-corrected chi connectivity index (χ2v) is 4.98. The second kappa shape index (κ2) is 5.48. The van der Waals surface area contributed by atoms with Gasteiger partial charge in [0.2, 0.25) is 5.88 Å². The van der Waals surface area contributed by atoms with Gasteiger partial charge in [0.05, 0.1) is 12.1 Å². The number of hydrogen-bond acceptors (Lipinski definition) is 5. The molecular formula is C13H13F3N4O2. The third-order valence-electron chi connectivity index (χ3n) is 3.48. The summed E-state index contributed by atoms with van der Waals surface area (Å²) < 4.78 is 42.6. The number of hydrogen-bond donors (Lipinski definition) is 2. The zero-order valence-corrected chi connectivity index (χ0v) is 11.4. The standard InChI is InChI=1S/C13H13F3N4O2/c14-13(15,16)10-2-1-8(6-18-10)9-7-20(4-3-17-9)12-5-11(21)19-22-12/h1-2,5-6,9,17H,3-4,7H2,(H,19,21). The largest absolute Gasteiger partial charge is 0.433 e. The Labute approximate surface area is 122 Å². The molecular weight excluding hydrogens is 301 g/mol. The van der Waals surface area contributed by atoms with Crippen LogP contribution in [-0.4, -0.2) is 29.8 Å². The van der Waals surface area contributed by atoms with E-state index in [0.29, 0.717) is 31.1 Å². The van der Waals surface area contributed by atoms with Gasteiger partial charge in [-0.05, 0) is 11.6 Å². The molecule has 22 heavy (non-hydrogen) atoms. The van der Waals surface area contributed by atoms with Crippen molar-refractivity contribution < 1.29 is 17.7 Å². The smallest absolute Gasteiger partial charge is 0.361 e. The first-order chi connectivity index (χ1) is 10.4. The maximum absolute atomic E-state index is 12.5. The lowest BCUT2D eigenvalue weighted by Crippen LogP contribution is -2.45. The summed E-state index contributed by atoms with van der Waals surface area (Å²) in [5.41, 5.74) is -0.600. The second-order valence-electron chi connectivity index (χ2n) is 4.98. The monoisotopic (exact) mass is 314 g/mol. The highest BCUT2D eigenvalue weighted by atomic mass is 19.4. The van der Waals surface area contributed by atoms with Crippen molar-refractivity contribution in [1.29, 1.82) is 0 Å². The van der Waals surface area contributed by atoms with Gasteiger partial charge >= 0.3 is 6.18 Å². The molecule has 0 radical (unpaired) electrons. The molecule has 1 atom stereocenters. The van der Waals surface area contributed by atoms with Crippen LogP contribution in [0, 0.1) is 0 Å². The highest BCUT2D eigenvalue weighted by molar-refractivity contribution is 5.35. The van der Waals surface area contributed by atoms with Gasteiger partial charge in [0.15, 0.2) is 0 Å². The van der Waals surface area contributed by atoms with E-state index in [9.17, 15) is 18.0 Å². The molecule has 1 fully saturated rings. The normalized spacial score (nSPS) is 19.4. The lowest BCUT2D eigenvalue weighted by atomic mass is 10.1. The number of H-pyrrole nitrogens is 1. The molecule has 1 unspecified atom stereocenters. The lowest BCUT2D eigenvalue weighted by molar-refractivity contribution is -0.141. The average molecular weight is 314 g/mol. The zero-order valence-electron chi connectivity index (χ0n) is 11.4. The molecule has 2 aromatic rings. The number of anilines is 1. The highest BCUT2D eigenvalue weighted by Crippen LogP contribution is 2.28. The predicted molar refractivity (Wildman–Crippen MR) is 71.5 cm³/mol. The van der Waals surface area contributed by atoms with Gasteiger partial charge in [-0.1, -0.05) is 6.07 Å². The van der Waals surface area contributed by atoms with Gasteiger partial charge in [-0.25, -0.2) is 0 Å². The Morgan fingerprint density at radius 1 is 1.36 bits per heavy atom. The molecule has 0 bridgehead atoms. The van der Waals surface area contributed by atoms with E-state index in [-0.39, 0.29) is 11.6 Å². The summed E-state index contributed by atoms with van der Waals surface area (Å²) in [5, 5.41) is 5.42. The molecule has 3 heterocycles. The number of aromatic nitrogens is 2. The van der Waals surface area contributed by atoms with Crippen LogP contribution >= 0.6 is 0 Å². The van der Waals surface area contributed by atoms with E-state index in [4.69, 9.17) is 4.52 Å². The van der Waals surface area contributed by atoms with E-state index >= 15 is 0 Å². The molecule has 0 aromatic carbocycles. The van der Waals surface area contributed by atoms with Crippen molar-refractivity contribution in [1.82, 2.24) is 15.5 Å².